The summed E-state index contributed by atoms with van der Waals surface area (Å²) in [6, 6.07) is 24.4. The van der Waals surface area contributed by atoms with E-state index in [2.05, 4.69) is 71.7 Å². The fourth-order valence-corrected chi connectivity index (χ4v) is 4.23. The van der Waals surface area contributed by atoms with Crippen LogP contribution >= 0.6 is 0 Å². The first kappa shape index (κ1) is 38.7. The highest BCUT2D eigenvalue weighted by atomic mass is 16.5. The Hall–Kier alpha value is -4.36. The van der Waals surface area contributed by atoms with E-state index in [1.807, 2.05) is 102 Å². The first-order valence-corrected chi connectivity index (χ1v) is 16.4. The number of allylic oxidation sites excluding steroid dienone is 4. The summed E-state index contributed by atoms with van der Waals surface area (Å²) in [7, 11) is 0. The van der Waals surface area contributed by atoms with Crippen molar-refractivity contribution < 1.29 is 4.74 Å². The molecule has 0 unspecified atom stereocenters. The molecule has 0 aliphatic carbocycles. The minimum absolute atomic E-state index is 0.303. The van der Waals surface area contributed by atoms with E-state index in [0.29, 0.717) is 31.1 Å². The molecule has 2 heterocycles. The molecule has 2 aromatic heterocycles. The predicted octanol–water partition coefficient (Wildman–Crippen LogP) is 8.85. The van der Waals surface area contributed by atoms with E-state index in [-0.39, 0.29) is 0 Å². The Morgan fingerprint density at radius 1 is 0.889 bits per heavy atom. The summed E-state index contributed by atoms with van der Waals surface area (Å²) in [6.07, 6.45) is 8.26. The fraction of sp³-hybridized carbons (Fsp3) is 0.368. The van der Waals surface area contributed by atoms with Gasteiger partial charge in [0.2, 0.25) is 5.88 Å². The average Bonchev–Trinajstić information content (AvgIpc) is 3.12. The molecule has 0 amide bonds. The monoisotopic (exact) mass is 610 g/mol. The Bertz CT molecular complexity index is 1510. The minimum atomic E-state index is 0.303. The highest BCUT2D eigenvalue weighted by Gasteiger charge is 2.12. The molecule has 0 aliphatic rings. The van der Waals surface area contributed by atoms with Crippen LogP contribution in [0.2, 0.25) is 0 Å². The van der Waals surface area contributed by atoms with E-state index in [1.54, 1.807) is 0 Å². The summed E-state index contributed by atoms with van der Waals surface area (Å²) < 4.78 is 8.10. The number of rotatable bonds is 13. The van der Waals surface area contributed by atoms with Crippen LogP contribution in [0, 0.1) is 0 Å². The molecule has 0 radical (unpaired) electrons. The summed E-state index contributed by atoms with van der Waals surface area (Å²) in [6.45, 7) is 22.1. The number of benzene rings is 2. The van der Waals surface area contributed by atoms with Gasteiger partial charge in [-0.3, -0.25) is 4.98 Å². The van der Waals surface area contributed by atoms with Crippen molar-refractivity contribution in [2.45, 2.75) is 87.9 Å². The summed E-state index contributed by atoms with van der Waals surface area (Å²) in [5, 5.41) is 18.2. The molecule has 4 rings (SSSR count). The zero-order valence-electron chi connectivity index (χ0n) is 28.8. The van der Waals surface area contributed by atoms with Crippen LogP contribution < -0.4 is 15.5 Å². The maximum atomic E-state index is 6.27. The number of pyridine rings is 1. The molecule has 7 heteroatoms. The Labute approximate surface area is 271 Å². The third-order valence-electron chi connectivity index (χ3n) is 6.25. The third-order valence-corrected chi connectivity index (χ3v) is 6.25. The lowest BCUT2D eigenvalue weighted by Crippen LogP contribution is -2.26. The first-order chi connectivity index (χ1) is 22.2. The van der Waals surface area contributed by atoms with Gasteiger partial charge in [0.15, 0.2) is 5.49 Å². The van der Waals surface area contributed by atoms with E-state index in [1.165, 1.54) is 5.56 Å². The Morgan fingerprint density at radius 3 is 2.22 bits per heavy atom. The van der Waals surface area contributed by atoms with Gasteiger partial charge in [0.25, 0.3) is 0 Å². The second-order valence-corrected chi connectivity index (χ2v) is 9.07. The zero-order valence-corrected chi connectivity index (χ0v) is 28.8. The van der Waals surface area contributed by atoms with Crippen LogP contribution in [0.5, 0.6) is 5.88 Å². The van der Waals surface area contributed by atoms with Gasteiger partial charge in [-0.05, 0) is 55.6 Å². The second kappa shape index (κ2) is 24.0. The number of hydrogen-bond donors (Lipinski definition) is 1. The van der Waals surface area contributed by atoms with Gasteiger partial charge in [0.1, 0.15) is 6.61 Å². The first-order valence-electron chi connectivity index (χ1n) is 16.4. The average molecular weight is 611 g/mol. The van der Waals surface area contributed by atoms with Gasteiger partial charge >= 0.3 is 0 Å². The van der Waals surface area contributed by atoms with Crippen molar-refractivity contribution >= 4 is 17.5 Å². The topological polar surface area (TPSA) is 76.7 Å². The molecule has 0 spiro atoms. The molecule has 2 aromatic carbocycles. The van der Waals surface area contributed by atoms with Crippen LogP contribution in [0.3, 0.4) is 0 Å². The van der Waals surface area contributed by atoms with Gasteiger partial charge in [-0.25, -0.2) is 4.68 Å². The number of ether oxygens (including phenoxy) is 1. The van der Waals surface area contributed by atoms with Gasteiger partial charge in [0, 0.05) is 24.0 Å². The summed E-state index contributed by atoms with van der Waals surface area (Å²) >= 11 is 0. The maximum absolute atomic E-state index is 6.27. The number of nitrogens with one attached hydrogen (secondary N) is 1. The molecule has 45 heavy (non-hydrogen) atoms. The molecular weight excluding hydrogens is 556 g/mol. The van der Waals surface area contributed by atoms with Gasteiger partial charge in [-0.15, -0.1) is 10.2 Å². The van der Waals surface area contributed by atoms with Crippen molar-refractivity contribution in [3.63, 3.8) is 0 Å². The molecule has 7 nitrogen and oxygen atoms in total. The molecule has 0 fully saturated rings. The number of hydrogen-bond acceptors (Lipinski definition) is 6. The lowest BCUT2D eigenvalue weighted by Gasteiger charge is -2.14. The maximum Gasteiger partial charge on any atom is 0.239 e. The van der Waals surface area contributed by atoms with E-state index < -0.39 is 0 Å². The molecule has 0 aliphatic heterocycles. The summed E-state index contributed by atoms with van der Waals surface area (Å²) in [4.78, 5) is 4.80. The Morgan fingerprint density at radius 2 is 1.56 bits per heavy atom. The predicted molar refractivity (Wildman–Crippen MR) is 192 cm³/mol. The fourth-order valence-electron chi connectivity index (χ4n) is 4.23. The van der Waals surface area contributed by atoms with Crippen molar-refractivity contribution in [3.05, 3.63) is 119 Å². The van der Waals surface area contributed by atoms with Gasteiger partial charge in [-0.1, -0.05) is 121 Å². The van der Waals surface area contributed by atoms with Crippen molar-refractivity contribution in [1.82, 2.24) is 20.1 Å². The third kappa shape index (κ3) is 13.0. The van der Waals surface area contributed by atoms with Crippen LogP contribution in [-0.4, -0.2) is 28.0 Å². The zero-order chi connectivity index (χ0) is 33.3. The van der Waals surface area contributed by atoms with Crippen LogP contribution in [0.15, 0.2) is 107 Å². The van der Waals surface area contributed by atoms with Crippen molar-refractivity contribution in [3.8, 4) is 5.88 Å². The van der Waals surface area contributed by atoms with Crippen LogP contribution in [-0.2, 0) is 26.1 Å². The Kier molecular flexibility index (Phi) is 20.6. The normalized spacial score (nSPS) is 11.1. The summed E-state index contributed by atoms with van der Waals surface area (Å²) in [5.41, 5.74) is 4.90. The molecule has 1 N–H and O–H groups in total. The van der Waals surface area contributed by atoms with Crippen LogP contribution in [0.1, 0.15) is 78.8 Å². The van der Waals surface area contributed by atoms with E-state index in [9.17, 15) is 0 Å². The molecule has 0 saturated heterocycles. The number of aromatic nitrogens is 3. The van der Waals surface area contributed by atoms with Gasteiger partial charge in [-0.2, -0.15) is 5.10 Å². The van der Waals surface area contributed by atoms with Crippen LogP contribution in [0.4, 0.5) is 0 Å². The second-order valence-electron chi connectivity index (χ2n) is 9.07. The smallest absolute Gasteiger partial charge is 0.239 e. The van der Waals surface area contributed by atoms with Crippen molar-refractivity contribution in [1.29, 1.82) is 0 Å². The molecule has 0 atom stereocenters. The standard InChI is InChI=1S/C32H36N6O.3C2H6/c1-4-6-13-25(5-2)23-38-31(36-33-3)29-18-10-11-19-30(29)32(37-38)39-24-28-17-12-16-27(35-28)22-34-21-20-26-14-8-7-9-15-26;3*1-2/h5-19,34H,3-4,20-24H2,1-2H3;3*1-2H3/b13-6-,25-5+,36-31-;;;. The molecule has 0 bridgehead atoms. The number of fused-ring (bicyclic) bond motifs is 1. The van der Waals surface area contributed by atoms with Crippen molar-refractivity contribution in [2.75, 3.05) is 6.54 Å². The molecule has 242 valence electrons. The van der Waals surface area contributed by atoms with Gasteiger partial charge < -0.3 is 10.1 Å². The minimum Gasteiger partial charge on any atom is -0.470 e. The van der Waals surface area contributed by atoms with Gasteiger partial charge in [0.05, 0.1) is 17.9 Å². The Balaban J connectivity index is 0.00000159. The lowest BCUT2D eigenvalue weighted by molar-refractivity contribution is 0.283. The van der Waals surface area contributed by atoms with E-state index in [0.717, 1.165) is 47.1 Å². The molecule has 0 saturated carbocycles. The SMILES string of the molecule is C=N/N=c1/c2ccccc2c(OCc2cccc(CNCCc3ccccc3)n2)nn1CC(/C=C\CC)=C/C.CC.CC.CC. The highest BCUT2D eigenvalue weighted by molar-refractivity contribution is 5.85. The van der Waals surface area contributed by atoms with Crippen LogP contribution in [0.25, 0.3) is 10.8 Å². The van der Waals surface area contributed by atoms with E-state index >= 15 is 0 Å². The summed E-state index contributed by atoms with van der Waals surface area (Å²) in [5.74, 6) is 0.525. The van der Waals surface area contributed by atoms with Crippen molar-refractivity contribution in [2.24, 2.45) is 10.2 Å². The lowest BCUT2D eigenvalue weighted by atomic mass is 10.1. The van der Waals surface area contributed by atoms with E-state index in [4.69, 9.17) is 14.8 Å². The highest BCUT2D eigenvalue weighted by Crippen LogP contribution is 2.21. The largest absolute Gasteiger partial charge is 0.470 e. The molecular formula is C38H54N6O. The number of nitrogens with zero attached hydrogens (tertiary/aromatic N) is 5. The molecule has 4 aromatic rings. The quantitative estimate of drug-likeness (QED) is 0.0710.